The van der Waals surface area contributed by atoms with E-state index in [1.54, 1.807) is 6.07 Å². The number of pyridine rings is 1. The summed E-state index contributed by atoms with van der Waals surface area (Å²) in [6.07, 6.45) is 6.51. The van der Waals surface area contributed by atoms with Crippen molar-refractivity contribution >= 4 is 11.9 Å². The molecule has 2 aliphatic carbocycles. The summed E-state index contributed by atoms with van der Waals surface area (Å²) in [7, 11) is 0. The van der Waals surface area contributed by atoms with Crippen molar-refractivity contribution < 1.29 is 14.7 Å². The Labute approximate surface area is 152 Å². The Morgan fingerprint density at radius 2 is 2.00 bits per heavy atom. The third kappa shape index (κ3) is 4.15. The van der Waals surface area contributed by atoms with Crippen LogP contribution in [0.25, 0.3) is 0 Å². The number of carboxylic acids is 1. The molecule has 7 nitrogen and oxygen atoms in total. The highest BCUT2D eigenvalue weighted by molar-refractivity contribution is 5.94. The van der Waals surface area contributed by atoms with Crippen molar-refractivity contribution in [3.05, 3.63) is 33.2 Å². The first-order valence-corrected chi connectivity index (χ1v) is 9.49. The van der Waals surface area contributed by atoms with Crippen LogP contribution in [0.4, 0.5) is 0 Å². The molecule has 1 heterocycles. The molecule has 0 radical (unpaired) electrons. The average molecular weight is 361 g/mol. The predicted octanol–water partition coefficient (Wildman–Crippen LogP) is 1.31. The van der Waals surface area contributed by atoms with Gasteiger partial charge in [-0.3, -0.25) is 19.3 Å². The van der Waals surface area contributed by atoms with E-state index in [1.807, 2.05) is 11.8 Å². The Bertz CT molecular complexity index is 737. The maximum atomic E-state index is 12.5. The number of H-pyrrole nitrogens is 1. The number of nitrogens with one attached hydrogen (secondary N) is 2. The van der Waals surface area contributed by atoms with E-state index in [1.165, 1.54) is 0 Å². The van der Waals surface area contributed by atoms with Crippen molar-refractivity contribution in [3.63, 3.8) is 0 Å². The molecule has 0 saturated heterocycles. The van der Waals surface area contributed by atoms with Crippen molar-refractivity contribution in [2.75, 3.05) is 13.1 Å². The second kappa shape index (κ2) is 8.03. The quantitative estimate of drug-likeness (QED) is 0.663. The van der Waals surface area contributed by atoms with Crippen LogP contribution in [0.2, 0.25) is 0 Å². The molecule has 3 N–H and O–H groups in total. The van der Waals surface area contributed by atoms with E-state index in [0.29, 0.717) is 6.54 Å². The molecule has 0 bridgehead atoms. The van der Waals surface area contributed by atoms with Crippen LogP contribution in [-0.2, 0) is 17.6 Å². The number of likely N-dealkylation sites (N-methyl/N-ethyl adjacent to an activating group) is 1. The summed E-state index contributed by atoms with van der Waals surface area (Å²) < 4.78 is 0. The number of hydrogen-bond donors (Lipinski definition) is 3. The molecule has 0 aromatic carbocycles. The van der Waals surface area contributed by atoms with Crippen LogP contribution in [-0.4, -0.2) is 52.0 Å². The highest BCUT2D eigenvalue weighted by Gasteiger charge is 2.35. The molecule has 2 aliphatic rings. The molecule has 0 unspecified atom stereocenters. The van der Waals surface area contributed by atoms with Crippen molar-refractivity contribution in [1.29, 1.82) is 0 Å². The van der Waals surface area contributed by atoms with E-state index < -0.39 is 5.97 Å². The van der Waals surface area contributed by atoms with Gasteiger partial charge in [0.1, 0.15) is 5.56 Å². The standard InChI is InChI=1S/C19H27N3O4/c1-2-22(11-17(23)24)14-9-13(10-14)20-18(25)15-8-12-6-4-3-5-7-16(12)21-19(15)26/h8,13-14H,2-7,9-11H2,1H3,(H,20,25)(H,21,26)(H,23,24). The number of aromatic nitrogens is 1. The molecule has 3 rings (SSSR count). The number of aryl methyl sites for hydroxylation is 2. The number of aromatic amines is 1. The Morgan fingerprint density at radius 1 is 1.27 bits per heavy atom. The van der Waals surface area contributed by atoms with Gasteiger partial charge in [-0.1, -0.05) is 13.3 Å². The number of carbonyl (C=O) groups is 2. The Hall–Kier alpha value is -2.15. The number of carboxylic acid groups (broad SMARTS) is 1. The predicted molar refractivity (Wildman–Crippen MR) is 97.5 cm³/mol. The van der Waals surface area contributed by atoms with E-state index >= 15 is 0 Å². The lowest BCUT2D eigenvalue weighted by atomic mass is 9.85. The van der Waals surface area contributed by atoms with Gasteiger partial charge in [-0.25, -0.2) is 0 Å². The minimum absolute atomic E-state index is 0.00597. The summed E-state index contributed by atoms with van der Waals surface area (Å²) in [6, 6.07) is 1.92. The molecule has 7 heteroatoms. The van der Waals surface area contributed by atoms with Gasteiger partial charge in [-0.2, -0.15) is 0 Å². The second-order valence-electron chi connectivity index (χ2n) is 7.33. The van der Waals surface area contributed by atoms with E-state index in [4.69, 9.17) is 5.11 Å². The number of hydrogen-bond acceptors (Lipinski definition) is 4. The number of aliphatic carboxylic acids is 1. The van der Waals surface area contributed by atoms with Crippen LogP contribution in [0.15, 0.2) is 10.9 Å². The fourth-order valence-corrected chi connectivity index (χ4v) is 3.96. The van der Waals surface area contributed by atoms with Gasteiger partial charge in [0.15, 0.2) is 0 Å². The minimum atomic E-state index is -0.837. The minimum Gasteiger partial charge on any atom is -0.480 e. The zero-order valence-electron chi connectivity index (χ0n) is 15.2. The van der Waals surface area contributed by atoms with Crippen LogP contribution in [0.3, 0.4) is 0 Å². The molecule has 1 amide bonds. The summed E-state index contributed by atoms with van der Waals surface area (Å²) in [5.74, 6) is -1.17. The van der Waals surface area contributed by atoms with Gasteiger partial charge in [0, 0.05) is 17.8 Å². The maximum absolute atomic E-state index is 12.5. The van der Waals surface area contributed by atoms with E-state index in [9.17, 15) is 14.4 Å². The molecule has 0 aliphatic heterocycles. The molecule has 1 saturated carbocycles. The number of fused-ring (bicyclic) bond motifs is 1. The van der Waals surface area contributed by atoms with Gasteiger partial charge in [-0.05, 0) is 56.7 Å². The first-order chi connectivity index (χ1) is 12.5. The molecule has 0 spiro atoms. The number of amides is 1. The van der Waals surface area contributed by atoms with Gasteiger partial charge in [0.05, 0.1) is 6.54 Å². The van der Waals surface area contributed by atoms with Crippen LogP contribution in [0.1, 0.15) is 60.6 Å². The van der Waals surface area contributed by atoms with Crippen molar-refractivity contribution in [1.82, 2.24) is 15.2 Å². The largest absolute Gasteiger partial charge is 0.480 e. The molecule has 1 fully saturated rings. The second-order valence-corrected chi connectivity index (χ2v) is 7.33. The summed E-state index contributed by atoms with van der Waals surface area (Å²) >= 11 is 0. The average Bonchev–Trinajstić information content (AvgIpc) is 2.79. The molecular weight excluding hydrogens is 334 g/mol. The smallest absolute Gasteiger partial charge is 0.317 e. The number of carbonyl (C=O) groups excluding carboxylic acids is 1. The zero-order valence-corrected chi connectivity index (χ0v) is 15.2. The molecule has 1 aromatic heterocycles. The topological polar surface area (TPSA) is 102 Å². The fraction of sp³-hybridized carbons (Fsp3) is 0.632. The van der Waals surface area contributed by atoms with Crippen molar-refractivity contribution in [2.45, 2.75) is 64.0 Å². The van der Waals surface area contributed by atoms with Gasteiger partial charge >= 0.3 is 5.97 Å². The lowest BCUT2D eigenvalue weighted by Gasteiger charge is -2.42. The molecular formula is C19H27N3O4. The van der Waals surface area contributed by atoms with Crippen LogP contribution >= 0.6 is 0 Å². The molecule has 0 atom stereocenters. The Balaban J connectivity index is 1.60. The van der Waals surface area contributed by atoms with E-state index in [0.717, 1.165) is 56.2 Å². The normalized spacial score (nSPS) is 22.2. The Kier molecular flexibility index (Phi) is 5.76. The summed E-state index contributed by atoms with van der Waals surface area (Å²) in [5.41, 5.74) is 1.92. The summed E-state index contributed by atoms with van der Waals surface area (Å²) in [6.45, 7) is 2.62. The molecule has 26 heavy (non-hydrogen) atoms. The highest BCUT2D eigenvalue weighted by atomic mass is 16.4. The first-order valence-electron chi connectivity index (χ1n) is 9.49. The van der Waals surface area contributed by atoms with Crippen LogP contribution < -0.4 is 10.9 Å². The SMILES string of the molecule is CCN(CC(=O)O)C1CC(NC(=O)c2cc3c([nH]c2=O)CCCCC3)C1. The lowest BCUT2D eigenvalue weighted by Crippen LogP contribution is -2.55. The van der Waals surface area contributed by atoms with Crippen LogP contribution in [0.5, 0.6) is 0 Å². The van der Waals surface area contributed by atoms with Gasteiger partial charge in [0.25, 0.3) is 11.5 Å². The first kappa shape index (κ1) is 18.6. The Morgan fingerprint density at radius 3 is 2.69 bits per heavy atom. The molecule has 142 valence electrons. The zero-order chi connectivity index (χ0) is 18.7. The van der Waals surface area contributed by atoms with Gasteiger partial charge in [0.2, 0.25) is 0 Å². The van der Waals surface area contributed by atoms with Crippen molar-refractivity contribution in [2.24, 2.45) is 0 Å². The van der Waals surface area contributed by atoms with E-state index in [-0.39, 0.29) is 35.7 Å². The van der Waals surface area contributed by atoms with E-state index in [2.05, 4.69) is 10.3 Å². The number of nitrogens with zero attached hydrogens (tertiary/aromatic N) is 1. The summed E-state index contributed by atoms with van der Waals surface area (Å²) in [5, 5.41) is 11.9. The maximum Gasteiger partial charge on any atom is 0.317 e. The molecule has 1 aromatic rings. The third-order valence-corrected chi connectivity index (χ3v) is 5.54. The monoisotopic (exact) mass is 361 g/mol. The van der Waals surface area contributed by atoms with Gasteiger partial charge < -0.3 is 15.4 Å². The highest BCUT2D eigenvalue weighted by Crippen LogP contribution is 2.26. The third-order valence-electron chi connectivity index (χ3n) is 5.54. The van der Waals surface area contributed by atoms with Crippen LogP contribution in [0, 0.1) is 0 Å². The van der Waals surface area contributed by atoms with Crippen molar-refractivity contribution in [3.8, 4) is 0 Å². The summed E-state index contributed by atoms with van der Waals surface area (Å²) in [4.78, 5) is 40.5. The lowest BCUT2D eigenvalue weighted by molar-refractivity contribution is -0.139. The number of rotatable bonds is 6. The van der Waals surface area contributed by atoms with Gasteiger partial charge in [-0.15, -0.1) is 0 Å². The fourth-order valence-electron chi connectivity index (χ4n) is 3.96.